The maximum Gasteiger partial charge on any atom is 0.145 e. The van der Waals surface area contributed by atoms with Crippen molar-refractivity contribution in [1.82, 2.24) is 5.32 Å². The fourth-order valence-corrected chi connectivity index (χ4v) is 2.35. The zero-order valence-electron chi connectivity index (χ0n) is 10.9. The Hall–Kier alpha value is -1.19. The SMILES string of the molecule is CCCNCc1cccc(-c2cccc(Br)c2F)c1. The van der Waals surface area contributed by atoms with Crippen molar-refractivity contribution in [2.24, 2.45) is 0 Å². The Labute approximate surface area is 122 Å². The summed E-state index contributed by atoms with van der Waals surface area (Å²) in [6.07, 6.45) is 1.11. The molecule has 0 aliphatic rings. The molecule has 19 heavy (non-hydrogen) atoms. The van der Waals surface area contributed by atoms with Crippen molar-refractivity contribution in [2.75, 3.05) is 6.54 Å². The first-order chi connectivity index (χ1) is 9.22. The second-order valence-electron chi connectivity index (χ2n) is 4.48. The van der Waals surface area contributed by atoms with Crippen molar-refractivity contribution >= 4 is 15.9 Å². The van der Waals surface area contributed by atoms with E-state index in [-0.39, 0.29) is 5.82 Å². The van der Waals surface area contributed by atoms with Crippen LogP contribution in [-0.2, 0) is 6.54 Å². The highest BCUT2D eigenvalue weighted by Gasteiger charge is 2.08. The topological polar surface area (TPSA) is 12.0 Å². The van der Waals surface area contributed by atoms with E-state index in [2.05, 4.69) is 34.2 Å². The van der Waals surface area contributed by atoms with E-state index in [4.69, 9.17) is 0 Å². The van der Waals surface area contributed by atoms with Crippen molar-refractivity contribution in [3.05, 3.63) is 58.3 Å². The Morgan fingerprint density at radius 1 is 1.16 bits per heavy atom. The molecule has 0 bridgehead atoms. The van der Waals surface area contributed by atoms with Gasteiger partial charge in [-0.2, -0.15) is 0 Å². The van der Waals surface area contributed by atoms with Gasteiger partial charge in [0.2, 0.25) is 0 Å². The van der Waals surface area contributed by atoms with E-state index < -0.39 is 0 Å². The van der Waals surface area contributed by atoms with Crippen molar-refractivity contribution in [1.29, 1.82) is 0 Å². The van der Waals surface area contributed by atoms with Crippen LogP contribution < -0.4 is 5.32 Å². The summed E-state index contributed by atoms with van der Waals surface area (Å²) in [4.78, 5) is 0. The zero-order chi connectivity index (χ0) is 13.7. The van der Waals surface area contributed by atoms with Crippen molar-refractivity contribution < 1.29 is 4.39 Å². The Kier molecular flexibility index (Phi) is 5.11. The molecule has 0 aromatic heterocycles. The molecule has 0 unspecified atom stereocenters. The molecule has 2 rings (SSSR count). The Morgan fingerprint density at radius 3 is 2.74 bits per heavy atom. The van der Waals surface area contributed by atoms with E-state index in [9.17, 15) is 4.39 Å². The third kappa shape index (κ3) is 3.64. The Morgan fingerprint density at radius 2 is 1.95 bits per heavy atom. The third-order valence-electron chi connectivity index (χ3n) is 2.95. The van der Waals surface area contributed by atoms with Crippen LogP contribution in [0.5, 0.6) is 0 Å². The maximum absolute atomic E-state index is 14.1. The predicted octanol–water partition coefficient (Wildman–Crippen LogP) is 4.75. The van der Waals surface area contributed by atoms with E-state index >= 15 is 0 Å². The minimum absolute atomic E-state index is 0.207. The minimum Gasteiger partial charge on any atom is -0.313 e. The molecule has 1 N–H and O–H groups in total. The Bertz CT molecular complexity index is 554. The van der Waals surface area contributed by atoms with E-state index in [1.165, 1.54) is 5.56 Å². The summed E-state index contributed by atoms with van der Waals surface area (Å²) in [5, 5.41) is 3.35. The molecule has 3 heteroatoms. The highest BCUT2D eigenvalue weighted by molar-refractivity contribution is 9.10. The normalized spacial score (nSPS) is 10.7. The molecule has 0 aliphatic heterocycles. The van der Waals surface area contributed by atoms with Crippen molar-refractivity contribution in [3.8, 4) is 11.1 Å². The lowest BCUT2D eigenvalue weighted by molar-refractivity contribution is 0.624. The van der Waals surface area contributed by atoms with Crippen LogP contribution in [0.3, 0.4) is 0 Å². The highest BCUT2D eigenvalue weighted by atomic mass is 79.9. The molecule has 1 nitrogen and oxygen atoms in total. The van der Waals surface area contributed by atoms with Gasteiger partial charge in [0, 0.05) is 12.1 Å². The maximum atomic E-state index is 14.1. The van der Waals surface area contributed by atoms with Gasteiger partial charge in [0.25, 0.3) is 0 Å². The summed E-state index contributed by atoms with van der Waals surface area (Å²) in [5.41, 5.74) is 2.71. The Balaban J connectivity index is 2.25. The lowest BCUT2D eigenvalue weighted by Gasteiger charge is -2.08. The number of halogens is 2. The van der Waals surface area contributed by atoms with Gasteiger partial charge < -0.3 is 5.32 Å². The molecule has 0 saturated heterocycles. The van der Waals surface area contributed by atoms with Gasteiger partial charge in [0.15, 0.2) is 0 Å². The summed E-state index contributed by atoms with van der Waals surface area (Å²) >= 11 is 3.23. The molecule has 0 amide bonds. The predicted molar refractivity (Wildman–Crippen MR) is 81.5 cm³/mol. The molecule has 2 aromatic carbocycles. The zero-order valence-corrected chi connectivity index (χ0v) is 12.5. The molecule has 0 radical (unpaired) electrons. The molecule has 100 valence electrons. The first kappa shape index (κ1) is 14.2. The summed E-state index contributed by atoms with van der Waals surface area (Å²) in [6.45, 7) is 3.95. The van der Waals surface area contributed by atoms with Gasteiger partial charge in [-0.25, -0.2) is 4.39 Å². The third-order valence-corrected chi connectivity index (χ3v) is 3.56. The summed E-state index contributed by atoms with van der Waals surface area (Å²) in [5.74, 6) is -0.207. The van der Waals surface area contributed by atoms with Crippen LogP contribution in [0, 0.1) is 5.82 Å². The van der Waals surface area contributed by atoms with Gasteiger partial charge in [0.1, 0.15) is 5.82 Å². The molecule has 0 heterocycles. The molecule has 0 fully saturated rings. The first-order valence-corrected chi connectivity index (χ1v) is 7.25. The lowest BCUT2D eigenvalue weighted by Crippen LogP contribution is -2.13. The van der Waals surface area contributed by atoms with Crippen LogP contribution in [0.2, 0.25) is 0 Å². The largest absolute Gasteiger partial charge is 0.313 e. The smallest absolute Gasteiger partial charge is 0.145 e. The molecule has 0 aliphatic carbocycles. The first-order valence-electron chi connectivity index (χ1n) is 6.46. The van der Waals surface area contributed by atoms with Crippen LogP contribution in [-0.4, -0.2) is 6.54 Å². The van der Waals surface area contributed by atoms with Gasteiger partial charge in [-0.3, -0.25) is 0 Å². The number of nitrogens with one attached hydrogen (secondary N) is 1. The fourth-order valence-electron chi connectivity index (χ4n) is 1.99. The molecule has 0 atom stereocenters. The van der Waals surface area contributed by atoms with Crippen LogP contribution >= 0.6 is 15.9 Å². The average molecular weight is 322 g/mol. The molecular weight excluding hydrogens is 305 g/mol. The monoisotopic (exact) mass is 321 g/mol. The average Bonchev–Trinajstić information content (AvgIpc) is 2.43. The second-order valence-corrected chi connectivity index (χ2v) is 5.33. The summed E-state index contributed by atoms with van der Waals surface area (Å²) < 4.78 is 14.6. The lowest BCUT2D eigenvalue weighted by atomic mass is 10.0. The van der Waals surface area contributed by atoms with Gasteiger partial charge in [-0.1, -0.05) is 37.3 Å². The van der Waals surface area contributed by atoms with Gasteiger partial charge >= 0.3 is 0 Å². The van der Waals surface area contributed by atoms with E-state index in [0.29, 0.717) is 10.0 Å². The molecular formula is C16H17BrFN. The molecule has 0 spiro atoms. The van der Waals surface area contributed by atoms with E-state index in [0.717, 1.165) is 25.1 Å². The van der Waals surface area contributed by atoms with E-state index in [1.54, 1.807) is 12.1 Å². The van der Waals surface area contributed by atoms with Crippen LogP contribution in [0.1, 0.15) is 18.9 Å². The number of rotatable bonds is 5. The van der Waals surface area contributed by atoms with Crippen LogP contribution in [0.4, 0.5) is 4.39 Å². The molecule has 2 aromatic rings. The van der Waals surface area contributed by atoms with Crippen LogP contribution in [0.15, 0.2) is 46.9 Å². The summed E-state index contributed by atoms with van der Waals surface area (Å²) in [7, 11) is 0. The van der Waals surface area contributed by atoms with E-state index in [1.807, 2.05) is 24.3 Å². The highest BCUT2D eigenvalue weighted by Crippen LogP contribution is 2.28. The van der Waals surface area contributed by atoms with Crippen molar-refractivity contribution in [3.63, 3.8) is 0 Å². The number of hydrogen-bond donors (Lipinski definition) is 1. The number of benzene rings is 2. The minimum atomic E-state index is -0.207. The molecule has 0 saturated carbocycles. The van der Waals surface area contributed by atoms with Crippen molar-refractivity contribution in [2.45, 2.75) is 19.9 Å². The standard InChI is InChI=1S/C16H17BrFN/c1-2-9-19-11-12-5-3-6-13(10-12)14-7-4-8-15(17)16(14)18/h3-8,10,19H,2,9,11H2,1H3. The number of hydrogen-bond acceptors (Lipinski definition) is 1. The second kappa shape index (κ2) is 6.83. The van der Waals surface area contributed by atoms with Gasteiger partial charge in [-0.15, -0.1) is 0 Å². The quantitative estimate of drug-likeness (QED) is 0.783. The van der Waals surface area contributed by atoms with Gasteiger partial charge in [0.05, 0.1) is 4.47 Å². The van der Waals surface area contributed by atoms with Gasteiger partial charge in [-0.05, 0) is 52.2 Å². The fraction of sp³-hybridized carbons (Fsp3) is 0.250. The van der Waals surface area contributed by atoms with Crippen LogP contribution in [0.25, 0.3) is 11.1 Å². The summed E-state index contributed by atoms with van der Waals surface area (Å²) in [6, 6.07) is 13.4.